The van der Waals surface area contributed by atoms with E-state index in [1.54, 1.807) is 18.9 Å². The normalized spacial score (nSPS) is 21.6. The number of aliphatic hydroxyl groups is 1. The van der Waals surface area contributed by atoms with Crippen molar-refractivity contribution in [3.05, 3.63) is 48.0 Å². The number of para-hydroxylation sites is 2. The van der Waals surface area contributed by atoms with Gasteiger partial charge in [-0.25, -0.2) is 4.79 Å². The first-order valence-corrected chi connectivity index (χ1v) is 10.6. The van der Waals surface area contributed by atoms with E-state index in [0.717, 1.165) is 16.6 Å². The second kappa shape index (κ2) is 8.35. The lowest BCUT2D eigenvalue weighted by molar-refractivity contribution is 0.0470. The van der Waals surface area contributed by atoms with E-state index in [2.05, 4.69) is 4.98 Å². The van der Waals surface area contributed by atoms with E-state index in [4.69, 9.17) is 14.2 Å². The zero-order valence-corrected chi connectivity index (χ0v) is 19.0. The number of carbonyl (C=O) groups excluding carboxylic acids is 1. The van der Waals surface area contributed by atoms with E-state index in [9.17, 15) is 9.90 Å². The van der Waals surface area contributed by atoms with E-state index >= 15 is 0 Å². The van der Waals surface area contributed by atoms with Gasteiger partial charge in [0.25, 0.3) is 0 Å². The Morgan fingerprint density at radius 1 is 1.22 bits per heavy atom. The van der Waals surface area contributed by atoms with Crippen LogP contribution >= 0.6 is 0 Å². The van der Waals surface area contributed by atoms with Crippen LogP contribution in [0.5, 0.6) is 17.5 Å². The molecule has 3 aromatic rings. The van der Waals surface area contributed by atoms with E-state index in [1.807, 2.05) is 61.0 Å². The first-order valence-electron chi connectivity index (χ1n) is 10.6. The first-order chi connectivity index (χ1) is 15.3. The molecule has 0 spiro atoms. The Hall–Kier alpha value is -3.26. The molecule has 170 valence electrons. The highest BCUT2D eigenvalue weighted by Crippen LogP contribution is 2.47. The van der Waals surface area contributed by atoms with Crippen LogP contribution in [0.25, 0.3) is 11.0 Å². The maximum absolute atomic E-state index is 12.2. The van der Waals surface area contributed by atoms with Crippen LogP contribution in [0.1, 0.15) is 25.3 Å². The molecule has 1 aliphatic heterocycles. The Bertz CT molecular complexity index is 1140. The molecule has 0 radical (unpaired) electrons. The number of benzene rings is 2. The SMILES string of the molecule is COC(=O)N1C[C@@H](c2ccc(OC)c(Oc3nc4ccccc4n3C)c2)[C@](C)([C@@H](C)O)C1. The summed E-state index contributed by atoms with van der Waals surface area (Å²) in [5.74, 6) is 0.977. The molecule has 0 unspecified atom stereocenters. The fourth-order valence-electron chi connectivity index (χ4n) is 4.50. The third-order valence-corrected chi connectivity index (χ3v) is 6.66. The summed E-state index contributed by atoms with van der Waals surface area (Å²) in [6.07, 6.45) is -1.03. The van der Waals surface area contributed by atoms with Gasteiger partial charge in [-0.3, -0.25) is 4.57 Å². The quantitative estimate of drug-likeness (QED) is 0.648. The highest BCUT2D eigenvalue weighted by atomic mass is 16.5. The minimum absolute atomic E-state index is 0.115. The number of fused-ring (bicyclic) bond motifs is 1. The fourth-order valence-corrected chi connectivity index (χ4v) is 4.50. The van der Waals surface area contributed by atoms with Crippen molar-refractivity contribution < 1.29 is 24.1 Å². The number of nitrogens with zero attached hydrogens (tertiary/aromatic N) is 3. The Labute approximate surface area is 187 Å². The lowest BCUT2D eigenvalue weighted by Gasteiger charge is -2.33. The van der Waals surface area contributed by atoms with Crippen molar-refractivity contribution in [2.24, 2.45) is 12.5 Å². The fraction of sp³-hybridized carbons (Fsp3) is 0.417. The lowest BCUT2D eigenvalue weighted by atomic mass is 9.72. The predicted octanol–water partition coefficient (Wildman–Crippen LogP) is 3.93. The van der Waals surface area contributed by atoms with Crippen LogP contribution in [0.4, 0.5) is 4.79 Å². The van der Waals surface area contributed by atoms with Crippen LogP contribution in [0, 0.1) is 5.41 Å². The molecular formula is C24H29N3O5. The summed E-state index contributed by atoms with van der Waals surface area (Å²) in [5.41, 5.74) is 2.20. The van der Waals surface area contributed by atoms with Crippen LogP contribution in [0.15, 0.2) is 42.5 Å². The van der Waals surface area contributed by atoms with Gasteiger partial charge in [0.05, 0.1) is 31.4 Å². The van der Waals surface area contributed by atoms with Gasteiger partial charge in [-0.2, -0.15) is 4.98 Å². The molecule has 1 aliphatic rings. The first kappa shape index (κ1) is 22.0. The minimum Gasteiger partial charge on any atom is -0.493 e. The number of carbonyl (C=O) groups is 1. The summed E-state index contributed by atoms with van der Waals surface area (Å²) in [6, 6.07) is 14.0. The summed E-state index contributed by atoms with van der Waals surface area (Å²) in [6.45, 7) is 4.58. The molecule has 0 bridgehead atoms. The van der Waals surface area contributed by atoms with Gasteiger partial charge < -0.3 is 24.2 Å². The van der Waals surface area contributed by atoms with Crippen LogP contribution in [0.2, 0.25) is 0 Å². The predicted molar refractivity (Wildman–Crippen MR) is 120 cm³/mol. The number of rotatable bonds is 5. The number of aromatic nitrogens is 2. The molecule has 1 amide bonds. The van der Waals surface area contributed by atoms with Crippen molar-refractivity contribution in [1.82, 2.24) is 14.5 Å². The van der Waals surface area contributed by atoms with Crippen LogP contribution in [0.3, 0.4) is 0 Å². The van der Waals surface area contributed by atoms with Crippen LogP contribution in [-0.4, -0.2) is 59.1 Å². The van der Waals surface area contributed by atoms with Gasteiger partial charge in [0.1, 0.15) is 0 Å². The third kappa shape index (κ3) is 3.64. The number of imidazole rings is 1. The molecule has 32 heavy (non-hydrogen) atoms. The Balaban J connectivity index is 1.72. The number of hydrogen-bond donors (Lipinski definition) is 1. The van der Waals surface area contributed by atoms with E-state index in [0.29, 0.717) is 30.6 Å². The molecular weight excluding hydrogens is 410 g/mol. The second-order valence-corrected chi connectivity index (χ2v) is 8.54. The van der Waals surface area contributed by atoms with Gasteiger partial charge in [-0.1, -0.05) is 25.1 Å². The van der Waals surface area contributed by atoms with Crippen LogP contribution < -0.4 is 9.47 Å². The number of methoxy groups -OCH3 is 2. The van der Waals surface area contributed by atoms with Crippen molar-refractivity contribution in [2.75, 3.05) is 27.3 Å². The number of ether oxygens (including phenoxy) is 3. The Kier molecular flexibility index (Phi) is 5.73. The highest BCUT2D eigenvalue weighted by Gasteiger charge is 2.48. The van der Waals surface area contributed by atoms with E-state index < -0.39 is 17.6 Å². The average Bonchev–Trinajstić information content (AvgIpc) is 3.31. The van der Waals surface area contributed by atoms with Gasteiger partial charge in [0, 0.05) is 31.5 Å². The number of aliphatic hydroxyl groups excluding tert-OH is 1. The summed E-state index contributed by atoms with van der Waals surface area (Å²) < 4.78 is 18.5. The molecule has 2 aromatic carbocycles. The minimum atomic E-state index is -0.631. The average molecular weight is 440 g/mol. The van der Waals surface area contributed by atoms with Crippen molar-refractivity contribution in [2.45, 2.75) is 25.9 Å². The van der Waals surface area contributed by atoms with Gasteiger partial charge in [-0.05, 0) is 36.8 Å². The maximum atomic E-state index is 12.2. The number of likely N-dealkylation sites (tertiary alicyclic amines) is 1. The molecule has 1 saturated heterocycles. The summed E-state index contributed by atoms with van der Waals surface area (Å²) in [4.78, 5) is 18.4. The second-order valence-electron chi connectivity index (χ2n) is 8.54. The summed E-state index contributed by atoms with van der Waals surface area (Å²) >= 11 is 0. The molecule has 0 aliphatic carbocycles. The zero-order chi connectivity index (χ0) is 23.0. The number of aryl methyl sites for hydroxylation is 1. The third-order valence-electron chi connectivity index (χ3n) is 6.66. The molecule has 8 nitrogen and oxygen atoms in total. The monoisotopic (exact) mass is 439 g/mol. The van der Waals surface area contributed by atoms with Gasteiger partial charge in [0.2, 0.25) is 0 Å². The van der Waals surface area contributed by atoms with E-state index in [-0.39, 0.29) is 5.92 Å². The van der Waals surface area contributed by atoms with Gasteiger partial charge in [-0.15, -0.1) is 0 Å². The molecule has 3 atom stereocenters. The summed E-state index contributed by atoms with van der Waals surface area (Å²) in [5, 5.41) is 10.6. The Morgan fingerprint density at radius 2 is 1.97 bits per heavy atom. The maximum Gasteiger partial charge on any atom is 0.409 e. The van der Waals surface area contributed by atoms with Gasteiger partial charge >= 0.3 is 12.1 Å². The number of hydrogen-bond acceptors (Lipinski definition) is 6. The molecule has 1 N–H and O–H groups in total. The molecule has 8 heteroatoms. The molecule has 0 saturated carbocycles. The standard InChI is InChI=1S/C24H29N3O5/c1-15(28)24(2)14-27(23(29)31-5)13-17(24)16-10-11-20(30-4)21(12-16)32-22-25-18-8-6-7-9-19(18)26(22)3/h6-12,15,17,28H,13-14H2,1-5H3/t15-,17+,24+/m1/s1. The van der Waals surface area contributed by atoms with Crippen molar-refractivity contribution in [3.63, 3.8) is 0 Å². The van der Waals surface area contributed by atoms with Crippen LogP contribution in [-0.2, 0) is 11.8 Å². The number of amides is 1. The largest absolute Gasteiger partial charge is 0.493 e. The summed E-state index contributed by atoms with van der Waals surface area (Å²) in [7, 11) is 4.85. The lowest BCUT2D eigenvalue weighted by Crippen LogP contribution is -2.38. The smallest absolute Gasteiger partial charge is 0.409 e. The topological polar surface area (TPSA) is 86.0 Å². The molecule has 1 fully saturated rings. The van der Waals surface area contributed by atoms with E-state index in [1.165, 1.54) is 7.11 Å². The van der Waals surface area contributed by atoms with Crippen molar-refractivity contribution in [1.29, 1.82) is 0 Å². The molecule has 2 heterocycles. The van der Waals surface area contributed by atoms with Gasteiger partial charge in [0.15, 0.2) is 11.5 Å². The highest BCUT2D eigenvalue weighted by molar-refractivity contribution is 5.76. The molecule has 4 rings (SSSR count). The zero-order valence-electron chi connectivity index (χ0n) is 19.0. The van der Waals surface area contributed by atoms with Crippen molar-refractivity contribution in [3.8, 4) is 17.5 Å². The molecule has 1 aromatic heterocycles. The Morgan fingerprint density at radius 3 is 2.62 bits per heavy atom. The van der Waals surface area contributed by atoms with Crippen molar-refractivity contribution >= 4 is 17.1 Å².